The lowest BCUT2D eigenvalue weighted by atomic mass is 10.2. The van der Waals surface area contributed by atoms with Crippen LogP contribution in [0, 0.1) is 5.82 Å². The van der Waals surface area contributed by atoms with E-state index in [0.29, 0.717) is 22.1 Å². The quantitative estimate of drug-likeness (QED) is 0.541. The van der Waals surface area contributed by atoms with E-state index in [-0.39, 0.29) is 5.70 Å². The summed E-state index contributed by atoms with van der Waals surface area (Å²) in [4.78, 5) is 26.0. The number of carbonyl (C=O) groups is 2. The maximum Gasteiger partial charge on any atom is 0.333 e. The molecular weight excluding hydrogens is 369 g/mol. The Morgan fingerprint density at radius 2 is 1.81 bits per heavy atom. The molecule has 2 aromatic carbocycles. The van der Waals surface area contributed by atoms with Gasteiger partial charge in [-0.1, -0.05) is 29.8 Å². The van der Waals surface area contributed by atoms with Crippen LogP contribution >= 0.6 is 11.6 Å². The first-order valence-corrected chi connectivity index (χ1v) is 8.47. The molecule has 7 heteroatoms. The summed E-state index contributed by atoms with van der Waals surface area (Å²) in [6, 6.07) is 15.7. The van der Waals surface area contributed by atoms with Crippen LogP contribution in [0.3, 0.4) is 0 Å². The second kappa shape index (κ2) is 6.74. The minimum atomic E-state index is -0.572. The number of anilines is 1. The number of nitrogens with zero attached hydrogens (tertiary/aromatic N) is 2. The zero-order valence-electron chi connectivity index (χ0n) is 13.9. The van der Waals surface area contributed by atoms with Crippen molar-refractivity contribution in [2.75, 3.05) is 4.90 Å². The number of para-hydroxylation sites is 1. The van der Waals surface area contributed by atoms with Crippen LogP contribution in [-0.2, 0) is 4.79 Å². The highest BCUT2D eigenvalue weighted by Crippen LogP contribution is 2.25. The van der Waals surface area contributed by atoms with Gasteiger partial charge in [0.25, 0.3) is 5.91 Å². The van der Waals surface area contributed by atoms with Gasteiger partial charge >= 0.3 is 6.03 Å². The average molecular weight is 382 g/mol. The lowest BCUT2D eigenvalue weighted by Gasteiger charge is -2.11. The summed E-state index contributed by atoms with van der Waals surface area (Å²) < 4.78 is 15.7. The minimum absolute atomic E-state index is 0.0938. The van der Waals surface area contributed by atoms with Gasteiger partial charge in [0.15, 0.2) is 0 Å². The molecule has 0 radical (unpaired) electrons. The normalized spacial score (nSPS) is 15.5. The molecule has 0 unspecified atom stereocenters. The molecule has 0 bridgehead atoms. The Kier molecular flexibility index (Phi) is 4.25. The van der Waals surface area contributed by atoms with Gasteiger partial charge in [-0.25, -0.2) is 14.1 Å². The first-order chi connectivity index (χ1) is 13.0. The van der Waals surface area contributed by atoms with Gasteiger partial charge in [-0.05, 0) is 48.5 Å². The van der Waals surface area contributed by atoms with Gasteiger partial charge in [-0.3, -0.25) is 4.79 Å². The third kappa shape index (κ3) is 3.11. The van der Waals surface area contributed by atoms with E-state index >= 15 is 0 Å². The Balaban J connectivity index is 1.71. The fraction of sp³-hybridized carbons (Fsp3) is 0. The van der Waals surface area contributed by atoms with E-state index in [1.807, 2.05) is 0 Å². The van der Waals surface area contributed by atoms with Gasteiger partial charge in [0.1, 0.15) is 11.5 Å². The Hall–Kier alpha value is -3.38. The molecule has 4 rings (SSSR count). The summed E-state index contributed by atoms with van der Waals surface area (Å²) in [5, 5.41) is 2.97. The molecular formula is C20H13ClFN3O2. The number of nitrogens with one attached hydrogen (secondary N) is 1. The molecule has 3 aromatic rings. The summed E-state index contributed by atoms with van der Waals surface area (Å²) in [6.45, 7) is 0. The van der Waals surface area contributed by atoms with E-state index in [1.165, 1.54) is 18.2 Å². The van der Waals surface area contributed by atoms with Crippen molar-refractivity contribution in [3.05, 3.63) is 89.1 Å². The molecule has 1 saturated heterocycles. The van der Waals surface area contributed by atoms with Gasteiger partial charge in [0.05, 0.1) is 11.4 Å². The van der Waals surface area contributed by atoms with Crippen molar-refractivity contribution in [1.29, 1.82) is 0 Å². The molecule has 2 heterocycles. The van der Waals surface area contributed by atoms with Crippen LogP contribution in [0.25, 0.3) is 11.8 Å². The monoisotopic (exact) mass is 381 g/mol. The molecule has 0 saturated carbocycles. The van der Waals surface area contributed by atoms with Crippen LogP contribution < -0.4 is 10.2 Å². The third-order valence-electron chi connectivity index (χ3n) is 4.13. The maximum absolute atomic E-state index is 14.1. The molecule has 5 nitrogen and oxygen atoms in total. The minimum Gasteiger partial charge on any atom is -0.314 e. The Morgan fingerprint density at radius 3 is 2.59 bits per heavy atom. The van der Waals surface area contributed by atoms with Gasteiger partial charge in [0.2, 0.25) is 0 Å². The molecule has 0 atom stereocenters. The van der Waals surface area contributed by atoms with Crippen LogP contribution in [0.5, 0.6) is 0 Å². The van der Waals surface area contributed by atoms with E-state index < -0.39 is 17.8 Å². The first kappa shape index (κ1) is 17.1. The number of carbonyl (C=O) groups excluding carboxylic acids is 2. The Labute approximate surface area is 159 Å². The molecule has 1 N–H and O–H groups in total. The average Bonchev–Trinajstić information content (AvgIpc) is 3.20. The Bertz CT molecular complexity index is 1090. The second-order valence-electron chi connectivity index (χ2n) is 5.86. The third-order valence-corrected chi connectivity index (χ3v) is 4.36. The number of benzene rings is 2. The molecule has 27 heavy (non-hydrogen) atoms. The lowest BCUT2D eigenvalue weighted by Crippen LogP contribution is -2.30. The van der Waals surface area contributed by atoms with Crippen LogP contribution in [0.1, 0.15) is 5.69 Å². The van der Waals surface area contributed by atoms with Crippen LogP contribution in [0.2, 0.25) is 5.02 Å². The number of aromatic nitrogens is 1. The molecule has 0 spiro atoms. The summed E-state index contributed by atoms with van der Waals surface area (Å²) in [5.74, 6) is -0.903. The van der Waals surface area contributed by atoms with Gasteiger partial charge in [-0.15, -0.1) is 0 Å². The van der Waals surface area contributed by atoms with Crippen molar-refractivity contribution >= 4 is 35.3 Å². The van der Waals surface area contributed by atoms with E-state index in [2.05, 4.69) is 5.32 Å². The summed E-state index contributed by atoms with van der Waals surface area (Å²) >= 11 is 5.95. The summed E-state index contributed by atoms with van der Waals surface area (Å²) in [6.07, 6.45) is 3.19. The smallest absolute Gasteiger partial charge is 0.314 e. The van der Waals surface area contributed by atoms with E-state index in [0.717, 1.165) is 4.90 Å². The highest BCUT2D eigenvalue weighted by Gasteiger charge is 2.35. The number of halogens is 2. The number of urea groups is 1. The number of hydrogen-bond donors (Lipinski definition) is 1. The van der Waals surface area contributed by atoms with E-state index in [1.54, 1.807) is 59.3 Å². The Morgan fingerprint density at radius 1 is 1.00 bits per heavy atom. The lowest BCUT2D eigenvalue weighted by molar-refractivity contribution is -0.113. The topological polar surface area (TPSA) is 54.3 Å². The molecule has 1 aliphatic rings. The summed E-state index contributed by atoms with van der Waals surface area (Å²) in [5.41, 5.74) is 1.36. The van der Waals surface area contributed by atoms with Gasteiger partial charge < -0.3 is 9.88 Å². The van der Waals surface area contributed by atoms with Crippen LogP contribution in [0.15, 0.2) is 72.6 Å². The largest absolute Gasteiger partial charge is 0.333 e. The first-order valence-electron chi connectivity index (χ1n) is 8.09. The predicted octanol–water partition coefficient (Wildman–Crippen LogP) is 4.37. The highest BCUT2D eigenvalue weighted by molar-refractivity contribution is 6.32. The second-order valence-corrected chi connectivity index (χ2v) is 6.30. The number of amides is 3. The zero-order chi connectivity index (χ0) is 19.0. The van der Waals surface area contributed by atoms with Crippen molar-refractivity contribution in [3.8, 4) is 5.69 Å². The van der Waals surface area contributed by atoms with Crippen molar-refractivity contribution < 1.29 is 14.0 Å². The van der Waals surface area contributed by atoms with E-state index in [9.17, 15) is 14.0 Å². The molecule has 134 valence electrons. The van der Waals surface area contributed by atoms with Crippen molar-refractivity contribution in [3.63, 3.8) is 0 Å². The number of hydrogen-bond acceptors (Lipinski definition) is 2. The van der Waals surface area contributed by atoms with Gasteiger partial charge in [-0.2, -0.15) is 0 Å². The number of rotatable bonds is 3. The molecule has 1 aromatic heterocycles. The molecule has 1 fully saturated rings. The predicted molar refractivity (Wildman–Crippen MR) is 101 cm³/mol. The van der Waals surface area contributed by atoms with Gasteiger partial charge in [0, 0.05) is 16.9 Å². The van der Waals surface area contributed by atoms with Crippen LogP contribution in [0.4, 0.5) is 14.9 Å². The van der Waals surface area contributed by atoms with E-state index in [4.69, 9.17) is 11.6 Å². The zero-order valence-corrected chi connectivity index (χ0v) is 14.7. The fourth-order valence-electron chi connectivity index (χ4n) is 2.91. The highest BCUT2D eigenvalue weighted by atomic mass is 35.5. The van der Waals surface area contributed by atoms with Crippen molar-refractivity contribution in [1.82, 2.24) is 9.88 Å². The standard InChI is InChI=1S/C20H13ClFN3O2/c21-13-5-3-6-15(11-13)25-19(26)17(23-20(25)27)12-14-7-4-10-24(14)18-9-2-1-8-16(18)22/h1-12H,(H,23,27)/b17-12-. The summed E-state index contributed by atoms with van der Waals surface area (Å²) in [7, 11) is 0. The van der Waals surface area contributed by atoms with Crippen LogP contribution in [-0.4, -0.2) is 16.5 Å². The maximum atomic E-state index is 14.1. The molecule has 3 amide bonds. The number of imide groups is 1. The molecule has 1 aliphatic heterocycles. The van der Waals surface area contributed by atoms with Crippen molar-refractivity contribution in [2.45, 2.75) is 0 Å². The fourth-order valence-corrected chi connectivity index (χ4v) is 3.10. The van der Waals surface area contributed by atoms with Crippen molar-refractivity contribution in [2.24, 2.45) is 0 Å². The molecule has 0 aliphatic carbocycles. The SMILES string of the molecule is O=C1N/C(=C\c2cccn2-c2ccccc2F)C(=O)N1c1cccc(Cl)c1.